The van der Waals surface area contributed by atoms with Crippen LogP contribution >= 0.6 is 0 Å². The van der Waals surface area contributed by atoms with Gasteiger partial charge in [0.05, 0.1) is 6.54 Å². The molecule has 3 rings (SSSR count). The lowest BCUT2D eigenvalue weighted by molar-refractivity contribution is -0.121. The molecule has 1 amide bonds. The van der Waals surface area contributed by atoms with Gasteiger partial charge in [0, 0.05) is 19.4 Å². The smallest absolute Gasteiger partial charge is 0.220 e. The minimum Gasteiger partial charge on any atom is -0.349 e. The average molecular weight is 298 g/mol. The van der Waals surface area contributed by atoms with Crippen LogP contribution in [-0.2, 0) is 30.7 Å². The van der Waals surface area contributed by atoms with Gasteiger partial charge in [0.25, 0.3) is 0 Å². The fourth-order valence-electron chi connectivity index (χ4n) is 2.86. The summed E-state index contributed by atoms with van der Waals surface area (Å²) in [5.74, 6) is 2.02. The SMILES string of the molecule is O=C(CCCc1ccccc1)NCc1nnc2n1CCCC2. The first-order valence-corrected chi connectivity index (χ1v) is 8.04. The summed E-state index contributed by atoms with van der Waals surface area (Å²) in [5.41, 5.74) is 1.28. The van der Waals surface area contributed by atoms with Crippen LogP contribution in [-0.4, -0.2) is 20.7 Å². The molecular weight excluding hydrogens is 276 g/mol. The van der Waals surface area contributed by atoms with Gasteiger partial charge in [-0.15, -0.1) is 10.2 Å². The number of fused-ring (bicyclic) bond motifs is 1. The maximum Gasteiger partial charge on any atom is 0.220 e. The van der Waals surface area contributed by atoms with E-state index in [2.05, 4.69) is 32.2 Å². The normalized spacial score (nSPS) is 13.6. The maximum atomic E-state index is 11.9. The molecule has 2 aromatic rings. The van der Waals surface area contributed by atoms with E-state index in [4.69, 9.17) is 0 Å². The molecule has 1 N–H and O–H groups in total. The Bertz CT molecular complexity index is 621. The van der Waals surface area contributed by atoms with Gasteiger partial charge in [0.15, 0.2) is 5.82 Å². The van der Waals surface area contributed by atoms with Gasteiger partial charge in [-0.05, 0) is 31.2 Å². The maximum absolute atomic E-state index is 11.9. The zero-order valence-corrected chi connectivity index (χ0v) is 12.8. The number of carbonyl (C=O) groups is 1. The van der Waals surface area contributed by atoms with Crippen LogP contribution in [0.3, 0.4) is 0 Å². The Hall–Kier alpha value is -2.17. The van der Waals surface area contributed by atoms with Crippen molar-refractivity contribution in [3.05, 3.63) is 47.5 Å². The Morgan fingerprint density at radius 3 is 2.91 bits per heavy atom. The first kappa shape index (κ1) is 14.8. The predicted molar refractivity (Wildman–Crippen MR) is 84.2 cm³/mol. The number of carbonyl (C=O) groups excluding carboxylic acids is 1. The number of amides is 1. The highest BCUT2D eigenvalue weighted by molar-refractivity contribution is 5.75. The van der Waals surface area contributed by atoms with E-state index in [9.17, 15) is 4.79 Å². The second-order valence-electron chi connectivity index (χ2n) is 5.76. The van der Waals surface area contributed by atoms with Crippen molar-refractivity contribution in [3.8, 4) is 0 Å². The van der Waals surface area contributed by atoms with Crippen LogP contribution in [0.4, 0.5) is 0 Å². The number of benzene rings is 1. The van der Waals surface area contributed by atoms with Crippen molar-refractivity contribution in [2.24, 2.45) is 0 Å². The van der Waals surface area contributed by atoms with E-state index in [1.165, 1.54) is 18.4 Å². The zero-order valence-electron chi connectivity index (χ0n) is 12.8. The van der Waals surface area contributed by atoms with Gasteiger partial charge in [-0.25, -0.2) is 0 Å². The summed E-state index contributed by atoms with van der Waals surface area (Å²) in [5, 5.41) is 11.4. The Kier molecular flexibility index (Phi) is 4.83. The van der Waals surface area contributed by atoms with Gasteiger partial charge in [0.2, 0.25) is 5.91 Å². The number of nitrogens with zero attached hydrogens (tertiary/aromatic N) is 3. The highest BCUT2D eigenvalue weighted by Crippen LogP contribution is 2.14. The van der Waals surface area contributed by atoms with Crippen LogP contribution < -0.4 is 5.32 Å². The summed E-state index contributed by atoms with van der Waals surface area (Å²) in [6.45, 7) is 1.46. The Balaban J connectivity index is 1.42. The van der Waals surface area contributed by atoms with Gasteiger partial charge in [-0.2, -0.15) is 0 Å². The number of hydrogen-bond donors (Lipinski definition) is 1. The van der Waals surface area contributed by atoms with E-state index in [0.29, 0.717) is 13.0 Å². The second kappa shape index (κ2) is 7.20. The third-order valence-corrected chi connectivity index (χ3v) is 4.09. The summed E-state index contributed by atoms with van der Waals surface area (Å²) >= 11 is 0. The number of nitrogens with one attached hydrogen (secondary N) is 1. The molecule has 22 heavy (non-hydrogen) atoms. The van der Waals surface area contributed by atoms with Crippen molar-refractivity contribution >= 4 is 5.91 Å². The van der Waals surface area contributed by atoms with Gasteiger partial charge in [-0.1, -0.05) is 30.3 Å². The van der Waals surface area contributed by atoms with Crippen molar-refractivity contribution in [1.82, 2.24) is 20.1 Å². The third kappa shape index (κ3) is 3.72. The molecule has 0 spiro atoms. The minimum absolute atomic E-state index is 0.0871. The van der Waals surface area contributed by atoms with Crippen LogP contribution in [0, 0.1) is 0 Å². The van der Waals surface area contributed by atoms with Crippen LogP contribution in [0.1, 0.15) is 42.9 Å². The van der Waals surface area contributed by atoms with Crippen molar-refractivity contribution in [2.45, 2.75) is 51.6 Å². The van der Waals surface area contributed by atoms with E-state index in [0.717, 1.165) is 37.5 Å². The molecule has 0 aliphatic carbocycles. The molecule has 0 bridgehead atoms. The second-order valence-corrected chi connectivity index (χ2v) is 5.76. The fraction of sp³-hybridized carbons (Fsp3) is 0.471. The molecule has 2 heterocycles. The van der Waals surface area contributed by atoms with E-state index in [1.807, 2.05) is 18.2 Å². The summed E-state index contributed by atoms with van der Waals surface area (Å²) in [4.78, 5) is 11.9. The average Bonchev–Trinajstić information content (AvgIpc) is 2.97. The number of rotatable bonds is 6. The Morgan fingerprint density at radius 1 is 1.18 bits per heavy atom. The molecule has 0 saturated carbocycles. The molecule has 116 valence electrons. The molecule has 0 fully saturated rings. The molecule has 5 heteroatoms. The quantitative estimate of drug-likeness (QED) is 0.890. The van der Waals surface area contributed by atoms with Gasteiger partial charge >= 0.3 is 0 Å². The molecule has 0 saturated heterocycles. The molecule has 0 radical (unpaired) electrons. The van der Waals surface area contributed by atoms with Crippen molar-refractivity contribution in [2.75, 3.05) is 0 Å². The summed E-state index contributed by atoms with van der Waals surface area (Å²) in [6.07, 6.45) is 5.71. The lowest BCUT2D eigenvalue weighted by atomic mass is 10.1. The topological polar surface area (TPSA) is 59.8 Å². The van der Waals surface area contributed by atoms with Gasteiger partial charge in [0.1, 0.15) is 5.82 Å². The van der Waals surface area contributed by atoms with Crippen molar-refractivity contribution in [1.29, 1.82) is 0 Å². The van der Waals surface area contributed by atoms with E-state index < -0.39 is 0 Å². The molecule has 1 aliphatic heterocycles. The van der Waals surface area contributed by atoms with E-state index >= 15 is 0 Å². The zero-order chi connectivity index (χ0) is 15.2. The van der Waals surface area contributed by atoms with E-state index in [-0.39, 0.29) is 5.91 Å². The fourth-order valence-corrected chi connectivity index (χ4v) is 2.86. The van der Waals surface area contributed by atoms with Crippen LogP contribution in [0.2, 0.25) is 0 Å². The largest absolute Gasteiger partial charge is 0.349 e. The van der Waals surface area contributed by atoms with Crippen molar-refractivity contribution in [3.63, 3.8) is 0 Å². The number of hydrogen-bond acceptors (Lipinski definition) is 3. The molecule has 1 aromatic heterocycles. The molecule has 0 unspecified atom stereocenters. The highest BCUT2D eigenvalue weighted by Gasteiger charge is 2.15. The Labute approximate surface area is 130 Å². The lowest BCUT2D eigenvalue weighted by Crippen LogP contribution is -2.25. The first-order chi connectivity index (χ1) is 10.8. The summed E-state index contributed by atoms with van der Waals surface area (Å²) in [7, 11) is 0. The monoisotopic (exact) mass is 298 g/mol. The predicted octanol–water partition coefficient (Wildman–Crippen LogP) is 2.25. The van der Waals surface area contributed by atoms with Gasteiger partial charge < -0.3 is 9.88 Å². The molecule has 1 aromatic carbocycles. The van der Waals surface area contributed by atoms with E-state index in [1.54, 1.807) is 0 Å². The lowest BCUT2D eigenvalue weighted by Gasteiger charge is -2.14. The molecule has 5 nitrogen and oxygen atoms in total. The summed E-state index contributed by atoms with van der Waals surface area (Å²) < 4.78 is 2.15. The number of aryl methyl sites for hydroxylation is 2. The Morgan fingerprint density at radius 2 is 2.05 bits per heavy atom. The number of aromatic nitrogens is 3. The van der Waals surface area contributed by atoms with Crippen molar-refractivity contribution < 1.29 is 4.79 Å². The first-order valence-electron chi connectivity index (χ1n) is 8.04. The summed E-state index contributed by atoms with van der Waals surface area (Å²) in [6, 6.07) is 10.3. The van der Waals surface area contributed by atoms with Crippen LogP contribution in [0.25, 0.3) is 0 Å². The van der Waals surface area contributed by atoms with Crippen LogP contribution in [0.15, 0.2) is 30.3 Å². The minimum atomic E-state index is 0.0871. The van der Waals surface area contributed by atoms with Gasteiger partial charge in [-0.3, -0.25) is 4.79 Å². The standard InChI is InChI=1S/C17H22N4O/c22-17(11-6-9-14-7-2-1-3-8-14)18-13-16-20-19-15-10-4-5-12-21(15)16/h1-3,7-8H,4-6,9-13H2,(H,18,22). The molecule has 1 aliphatic rings. The molecule has 0 atom stereocenters. The third-order valence-electron chi connectivity index (χ3n) is 4.09. The highest BCUT2D eigenvalue weighted by atomic mass is 16.1. The van der Waals surface area contributed by atoms with Crippen LogP contribution in [0.5, 0.6) is 0 Å². The molecular formula is C17H22N4O.